The monoisotopic (exact) mass is 407 g/mol. The lowest BCUT2D eigenvalue weighted by Gasteiger charge is -2.58. The SMILES string of the molecule is C=C1NCC[C@@]2(C)C(CC[C@@H]3[C@@H]2CC[C@]2(C)C(c4cncc(OCC)c4)=CC[C@@H]32)N1. The molecule has 0 radical (unpaired) electrons. The molecule has 6 atom stereocenters. The van der Waals surface area contributed by atoms with Gasteiger partial charge in [0.05, 0.1) is 18.6 Å². The Balaban J connectivity index is 1.42. The predicted octanol–water partition coefficient (Wildman–Crippen LogP) is 5.14. The van der Waals surface area contributed by atoms with E-state index in [2.05, 4.69) is 48.2 Å². The van der Waals surface area contributed by atoms with Gasteiger partial charge in [0.25, 0.3) is 0 Å². The minimum absolute atomic E-state index is 0.261. The van der Waals surface area contributed by atoms with Crippen molar-refractivity contribution in [2.75, 3.05) is 13.2 Å². The second-order valence-electron chi connectivity index (χ2n) is 10.5. The van der Waals surface area contributed by atoms with Crippen LogP contribution in [0.3, 0.4) is 0 Å². The van der Waals surface area contributed by atoms with Gasteiger partial charge < -0.3 is 15.4 Å². The second kappa shape index (κ2) is 7.32. The van der Waals surface area contributed by atoms with E-state index in [0.717, 1.165) is 35.9 Å². The Kier molecular flexibility index (Phi) is 4.87. The molecule has 2 heterocycles. The molecule has 4 aliphatic rings. The van der Waals surface area contributed by atoms with Crippen LogP contribution in [0.25, 0.3) is 5.57 Å². The largest absolute Gasteiger partial charge is 0.492 e. The number of hydrogen-bond acceptors (Lipinski definition) is 4. The molecule has 5 rings (SSSR count). The number of hydrogen-bond donors (Lipinski definition) is 2. The second-order valence-corrected chi connectivity index (χ2v) is 10.5. The molecule has 30 heavy (non-hydrogen) atoms. The first-order valence-corrected chi connectivity index (χ1v) is 11.9. The number of allylic oxidation sites excluding steroid dienone is 2. The molecule has 0 bridgehead atoms. The molecule has 1 aliphatic heterocycles. The Labute approximate surface area is 181 Å². The highest BCUT2D eigenvalue weighted by atomic mass is 16.5. The third-order valence-corrected chi connectivity index (χ3v) is 9.14. The van der Waals surface area contributed by atoms with E-state index in [4.69, 9.17) is 4.74 Å². The van der Waals surface area contributed by atoms with E-state index in [0.29, 0.717) is 18.1 Å². The van der Waals surface area contributed by atoms with Crippen molar-refractivity contribution >= 4 is 5.57 Å². The number of ether oxygens (including phenoxy) is 1. The van der Waals surface area contributed by atoms with Crippen molar-refractivity contribution in [3.8, 4) is 5.75 Å². The van der Waals surface area contributed by atoms with Crippen LogP contribution in [0.4, 0.5) is 0 Å². The molecule has 0 amide bonds. The quantitative estimate of drug-likeness (QED) is 0.728. The van der Waals surface area contributed by atoms with E-state index in [1.807, 2.05) is 19.3 Å². The van der Waals surface area contributed by atoms with Crippen LogP contribution in [0.2, 0.25) is 0 Å². The normalized spacial score (nSPS) is 40.1. The van der Waals surface area contributed by atoms with Gasteiger partial charge >= 0.3 is 0 Å². The number of aromatic nitrogens is 1. The van der Waals surface area contributed by atoms with Crippen LogP contribution in [0.5, 0.6) is 5.75 Å². The summed E-state index contributed by atoms with van der Waals surface area (Å²) in [7, 11) is 0. The minimum atomic E-state index is 0.261. The molecule has 0 spiro atoms. The Morgan fingerprint density at radius 3 is 2.87 bits per heavy atom. The molecule has 2 saturated carbocycles. The Hall–Kier alpha value is -1.97. The van der Waals surface area contributed by atoms with E-state index in [-0.39, 0.29) is 5.41 Å². The first-order valence-electron chi connectivity index (χ1n) is 11.9. The Morgan fingerprint density at radius 2 is 2.03 bits per heavy atom. The first kappa shape index (κ1) is 20.0. The summed E-state index contributed by atoms with van der Waals surface area (Å²) in [5.74, 6) is 4.28. The van der Waals surface area contributed by atoms with E-state index < -0.39 is 0 Å². The van der Waals surface area contributed by atoms with Crippen molar-refractivity contribution in [3.05, 3.63) is 42.5 Å². The molecule has 0 aromatic carbocycles. The summed E-state index contributed by atoms with van der Waals surface area (Å²) in [6.07, 6.45) is 14.1. The summed E-state index contributed by atoms with van der Waals surface area (Å²) in [5, 5.41) is 7.22. The highest BCUT2D eigenvalue weighted by Crippen LogP contribution is 2.65. The average Bonchev–Trinajstić information content (AvgIpc) is 2.99. The molecule has 2 N–H and O–H groups in total. The molecule has 1 saturated heterocycles. The van der Waals surface area contributed by atoms with Gasteiger partial charge in [0.1, 0.15) is 5.75 Å². The van der Waals surface area contributed by atoms with Gasteiger partial charge in [0.2, 0.25) is 0 Å². The van der Waals surface area contributed by atoms with Gasteiger partial charge in [-0.25, -0.2) is 0 Å². The van der Waals surface area contributed by atoms with Crippen LogP contribution in [0, 0.1) is 28.6 Å². The van der Waals surface area contributed by atoms with Gasteiger partial charge in [-0.15, -0.1) is 0 Å². The zero-order valence-electron chi connectivity index (χ0n) is 18.8. The zero-order valence-corrected chi connectivity index (χ0v) is 18.8. The van der Waals surface area contributed by atoms with Crippen LogP contribution in [-0.4, -0.2) is 24.2 Å². The lowest BCUT2D eigenvalue weighted by atomic mass is 9.47. The standard InChI is InChI=1S/C26H37N3O/c1-5-30-19-14-18(15-27-16-19)21-7-8-22-20-6-9-24-26(4,12-13-28-17(2)29-24)23(20)10-11-25(21,22)3/h7,14-16,20,22-24,28-29H,2,5-6,8-13H2,1,3-4H3/t20-,22-,23-,24?,25+,26+/m0/s1. The van der Waals surface area contributed by atoms with Gasteiger partial charge in [-0.05, 0) is 91.2 Å². The number of fused-ring (bicyclic) bond motifs is 5. The molecular weight excluding hydrogens is 370 g/mol. The van der Waals surface area contributed by atoms with E-state index >= 15 is 0 Å². The number of nitrogens with zero attached hydrogens (tertiary/aromatic N) is 1. The lowest BCUT2D eigenvalue weighted by Crippen LogP contribution is -2.56. The van der Waals surface area contributed by atoms with E-state index in [1.165, 1.54) is 49.7 Å². The van der Waals surface area contributed by atoms with Gasteiger partial charge in [0.15, 0.2) is 0 Å². The summed E-state index contributed by atoms with van der Waals surface area (Å²) in [5.41, 5.74) is 3.40. The fourth-order valence-corrected chi connectivity index (χ4v) is 7.62. The van der Waals surface area contributed by atoms with Gasteiger partial charge in [-0.2, -0.15) is 0 Å². The molecule has 1 aromatic rings. The fourth-order valence-electron chi connectivity index (χ4n) is 7.62. The van der Waals surface area contributed by atoms with Crippen LogP contribution in [0.1, 0.15) is 64.9 Å². The van der Waals surface area contributed by atoms with Crippen molar-refractivity contribution in [2.45, 2.75) is 65.3 Å². The van der Waals surface area contributed by atoms with Crippen LogP contribution < -0.4 is 15.4 Å². The summed E-state index contributed by atoms with van der Waals surface area (Å²) in [6.45, 7) is 13.0. The van der Waals surface area contributed by atoms with Gasteiger partial charge in [0, 0.05) is 18.8 Å². The Bertz CT molecular complexity index is 864. The maximum absolute atomic E-state index is 5.74. The molecular formula is C26H37N3O. The van der Waals surface area contributed by atoms with Gasteiger partial charge in [-0.3, -0.25) is 4.98 Å². The summed E-state index contributed by atoms with van der Waals surface area (Å²) in [4.78, 5) is 4.49. The van der Waals surface area contributed by atoms with Crippen molar-refractivity contribution in [1.29, 1.82) is 0 Å². The summed E-state index contributed by atoms with van der Waals surface area (Å²) < 4.78 is 5.74. The Morgan fingerprint density at radius 1 is 1.17 bits per heavy atom. The highest BCUT2D eigenvalue weighted by molar-refractivity contribution is 5.73. The first-order chi connectivity index (χ1) is 14.5. The van der Waals surface area contributed by atoms with Crippen molar-refractivity contribution in [3.63, 3.8) is 0 Å². The molecule has 1 aromatic heterocycles. The highest BCUT2D eigenvalue weighted by Gasteiger charge is 2.58. The maximum atomic E-state index is 5.74. The van der Waals surface area contributed by atoms with E-state index in [1.54, 1.807) is 0 Å². The predicted molar refractivity (Wildman–Crippen MR) is 122 cm³/mol. The molecule has 162 valence electrons. The summed E-state index contributed by atoms with van der Waals surface area (Å²) in [6, 6.07) is 2.76. The number of nitrogens with one attached hydrogen (secondary N) is 2. The van der Waals surface area contributed by atoms with Crippen molar-refractivity contribution in [2.24, 2.45) is 28.6 Å². The van der Waals surface area contributed by atoms with Crippen LogP contribution in [0.15, 0.2) is 36.9 Å². The number of rotatable bonds is 3. The van der Waals surface area contributed by atoms with Crippen LogP contribution in [-0.2, 0) is 0 Å². The summed E-state index contributed by atoms with van der Waals surface area (Å²) >= 11 is 0. The minimum Gasteiger partial charge on any atom is -0.492 e. The average molecular weight is 408 g/mol. The molecule has 4 nitrogen and oxygen atoms in total. The van der Waals surface area contributed by atoms with Crippen LogP contribution >= 0.6 is 0 Å². The topological polar surface area (TPSA) is 46.2 Å². The van der Waals surface area contributed by atoms with Gasteiger partial charge in [-0.1, -0.05) is 26.5 Å². The number of pyridine rings is 1. The zero-order chi connectivity index (χ0) is 20.9. The molecule has 1 unspecified atom stereocenters. The van der Waals surface area contributed by atoms with Crippen molar-refractivity contribution < 1.29 is 4.74 Å². The third-order valence-electron chi connectivity index (χ3n) is 9.14. The fraction of sp³-hybridized carbons (Fsp3) is 0.654. The molecule has 4 heteroatoms. The smallest absolute Gasteiger partial charge is 0.138 e. The lowest BCUT2D eigenvalue weighted by molar-refractivity contribution is -0.0608. The molecule has 3 aliphatic carbocycles. The molecule has 3 fully saturated rings. The maximum Gasteiger partial charge on any atom is 0.138 e. The third kappa shape index (κ3) is 2.98. The van der Waals surface area contributed by atoms with E-state index in [9.17, 15) is 0 Å². The van der Waals surface area contributed by atoms with Crippen molar-refractivity contribution in [1.82, 2.24) is 15.6 Å².